The van der Waals surface area contributed by atoms with Gasteiger partial charge in [0, 0.05) is 18.6 Å². The summed E-state index contributed by atoms with van der Waals surface area (Å²) in [5, 5.41) is 13.3. The fourth-order valence-corrected chi connectivity index (χ4v) is 4.09. The molecule has 146 valence electrons. The Morgan fingerprint density at radius 1 is 1.22 bits per heavy atom. The van der Waals surface area contributed by atoms with Crippen molar-refractivity contribution >= 4 is 18.9 Å². The second-order valence-electron chi connectivity index (χ2n) is 5.42. The van der Waals surface area contributed by atoms with E-state index in [-0.39, 0.29) is 30.0 Å². The summed E-state index contributed by atoms with van der Waals surface area (Å²) in [4.78, 5) is 8.16. The fourth-order valence-electron chi connectivity index (χ4n) is 2.39. The second kappa shape index (κ2) is 9.50. The zero-order valence-corrected chi connectivity index (χ0v) is 16.7. The number of rotatable bonds is 9. The van der Waals surface area contributed by atoms with Crippen LogP contribution in [0.15, 0.2) is 36.8 Å². The third-order valence-corrected chi connectivity index (χ3v) is 5.75. The van der Waals surface area contributed by atoms with Gasteiger partial charge in [-0.2, -0.15) is 0 Å². The lowest BCUT2D eigenvalue weighted by Gasteiger charge is -2.21. The summed E-state index contributed by atoms with van der Waals surface area (Å²) in [5.41, 5.74) is 1.08. The van der Waals surface area contributed by atoms with Gasteiger partial charge in [-0.25, -0.2) is 9.97 Å². The number of hydrogen-bond acceptors (Lipinski definition) is 8. The van der Waals surface area contributed by atoms with Crippen molar-refractivity contribution in [2.75, 3.05) is 25.6 Å². The first-order valence-corrected chi connectivity index (χ1v) is 10.0. The Balaban J connectivity index is 2.58. The monoisotopic (exact) mass is 393 g/mol. The second-order valence-corrected chi connectivity index (χ2v) is 7.42. The number of methoxy groups -OCH3 is 1. The molecule has 0 spiro atoms. The minimum atomic E-state index is -3.65. The molecule has 2 rings (SSSR count). The number of aromatic hydroxyl groups is 1. The molecule has 1 heterocycles. The van der Waals surface area contributed by atoms with Gasteiger partial charge in [0.1, 0.15) is 0 Å². The Hall–Kier alpha value is -2.41. The van der Waals surface area contributed by atoms with Gasteiger partial charge in [-0.3, -0.25) is 4.57 Å². The van der Waals surface area contributed by atoms with E-state index in [9.17, 15) is 9.67 Å². The van der Waals surface area contributed by atoms with Crippen LogP contribution in [0.3, 0.4) is 0 Å². The normalized spacial score (nSPS) is 12.1. The number of phenols is 1. The van der Waals surface area contributed by atoms with Crippen molar-refractivity contribution in [2.24, 2.45) is 0 Å². The number of anilines is 1. The van der Waals surface area contributed by atoms with Crippen LogP contribution in [0, 0.1) is 6.92 Å². The molecule has 1 aromatic carbocycles. The molecule has 0 atom stereocenters. The summed E-state index contributed by atoms with van der Waals surface area (Å²) in [7, 11) is -2.20. The summed E-state index contributed by atoms with van der Waals surface area (Å²) in [5.74, 6) is 0.603. The highest BCUT2D eigenvalue weighted by atomic mass is 31.2. The topological polar surface area (TPSA) is 103 Å². The number of nitrogens with one attached hydrogen (secondary N) is 1. The van der Waals surface area contributed by atoms with Crippen molar-refractivity contribution < 1.29 is 23.5 Å². The lowest BCUT2D eigenvalue weighted by atomic mass is 10.1. The lowest BCUT2D eigenvalue weighted by molar-refractivity contribution is 0.230. The average molecular weight is 393 g/mol. The zero-order valence-electron chi connectivity index (χ0n) is 15.8. The van der Waals surface area contributed by atoms with E-state index < -0.39 is 7.60 Å². The molecule has 0 unspecified atom stereocenters. The third kappa shape index (κ3) is 5.07. The van der Waals surface area contributed by atoms with Crippen molar-refractivity contribution in [1.29, 1.82) is 0 Å². The maximum atomic E-state index is 13.4. The van der Waals surface area contributed by atoms with Crippen LogP contribution in [-0.2, 0) is 13.6 Å². The number of ether oxygens (including phenoxy) is 1. The molecule has 0 fully saturated rings. The van der Waals surface area contributed by atoms with Gasteiger partial charge in [-0.15, -0.1) is 0 Å². The average Bonchev–Trinajstić information content (AvgIpc) is 2.65. The van der Waals surface area contributed by atoms with Crippen LogP contribution in [0.5, 0.6) is 11.5 Å². The van der Waals surface area contributed by atoms with Crippen LogP contribution < -0.4 is 10.1 Å². The van der Waals surface area contributed by atoms with E-state index in [1.165, 1.54) is 13.3 Å². The third-order valence-electron chi connectivity index (χ3n) is 3.58. The van der Waals surface area contributed by atoms with E-state index >= 15 is 0 Å². The minimum Gasteiger partial charge on any atom is -0.504 e. The van der Waals surface area contributed by atoms with Crippen LogP contribution in [-0.4, -0.2) is 35.4 Å². The summed E-state index contributed by atoms with van der Waals surface area (Å²) >= 11 is 0. The van der Waals surface area contributed by atoms with Crippen LogP contribution >= 0.6 is 7.60 Å². The molecular weight excluding hydrogens is 369 g/mol. The van der Waals surface area contributed by atoms with Crippen molar-refractivity contribution in [1.82, 2.24) is 9.97 Å². The number of nitrogens with zero attached hydrogens (tertiary/aromatic N) is 2. The van der Waals surface area contributed by atoms with E-state index in [1.807, 2.05) is 0 Å². The number of aryl methyl sites for hydroxylation is 1. The summed E-state index contributed by atoms with van der Waals surface area (Å²) in [6.45, 7) is 5.59. The minimum absolute atomic E-state index is 0.0163. The Bertz CT molecular complexity index is 832. The van der Waals surface area contributed by atoms with E-state index in [4.69, 9.17) is 13.8 Å². The first-order chi connectivity index (χ1) is 12.9. The van der Waals surface area contributed by atoms with Gasteiger partial charge in [-0.1, -0.05) is 0 Å². The molecule has 0 aliphatic carbocycles. The molecule has 0 saturated heterocycles. The molecule has 9 heteroatoms. The maximum absolute atomic E-state index is 13.4. The van der Waals surface area contributed by atoms with Gasteiger partial charge in [0.15, 0.2) is 11.5 Å². The summed E-state index contributed by atoms with van der Waals surface area (Å²) < 4.78 is 29.7. The molecule has 0 bridgehead atoms. The van der Waals surface area contributed by atoms with E-state index in [1.54, 1.807) is 51.4 Å². The predicted octanol–water partition coefficient (Wildman–Crippen LogP) is 4.18. The van der Waals surface area contributed by atoms with Gasteiger partial charge in [0.2, 0.25) is 5.95 Å². The Kier molecular flexibility index (Phi) is 7.36. The molecule has 0 aliphatic heterocycles. The Labute approximate surface area is 158 Å². The molecule has 0 saturated carbocycles. The van der Waals surface area contributed by atoms with Crippen LogP contribution in [0.25, 0.3) is 5.31 Å². The van der Waals surface area contributed by atoms with Gasteiger partial charge in [0.05, 0.1) is 25.6 Å². The summed E-state index contributed by atoms with van der Waals surface area (Å²) in [6, 6.07) is 4.95. The number of phenolic OH excluding ortho intramolecular Hbond substituents is 1. The highest BCUT2D eigenvalue weighted by Gasteiger charge is 2.32. The van der Waals surface area contributed by atoms with Crippen molar-refractivity contribution in [3.8, 4) is 11.5 Å². The van der Waals surface area contributed by atoms with Crippen molar-refractivity contribution in [3.63, 3.8) is 0 Å². The Morgan fingerprint density at radius 2 is 1.85 bits per heavy atom. The van der Waals surface area contributed by atoms with Crippen molar-refractivity contribution in [2.45, 2.75) is 20.8 Å². The van der Waals surface area contributed by atoms with E-state index in [2.05, 4.69) is 15.3 Å². The smallest absolute Gasteiger partial charge is 0.363 e. The van der Waals surface area contributed by atoms with Gasteiger partial charge < -0.3 is 24.2 Å². The molecule has 1 aromatic heterocycles. The van der Waals surface area contributed by atoms with Crippen LogP contribution in [0.1, 0.15) is 25.0 Å². The van der Waals surface area contributed by atoms with E-state index in [0.717, 1.165) is 0 Å². The number of aromatic nitrogens is 2. The molecule has 2 aromatic rings. The van der Waals surface area contributed by atoms with Gasteiger partial charge >= 0.3 is 7.60 Å². The number of benzene rings is 1. The quantitative estimate of drug-likeness (QED) is 0.612. The number of hydrogen-bond donors (Lipinski definition) is 2. The first-order valence-electron chi connectivity index (χ1n) is 8.46. The first kappa shape index (κ1) is 20.9. The molecular formula is C18H24N3O5P. The SMILES string of the molecule is CCOP(=O)(OCC)/C(=C\Nc1ncccn1)c1cc(C)c(O)c(OC)c1. The largest absolute Gasteiger partial charge is 0.504 e. The maximum Gasteiger partial charge on any atom is 0.363 e. The molecule has 2 N–H and O–H groups in total. The molecule has 0 amide bonds. The molecule has 27 heavy (non-hydrogen) atoms. The van der Waals surface area contributed by atoms with E-state index in [0.29, 0.717) is 17.1 Å². The zero-order chi connectivity index (χ0) is 19.9. The standard InChI is InChI=1S/C18H24N3O5P/c1-5-25-27(23,26-6-2)16(12-21-18-19-8-7-9-20-18)14-10-13(3)17(22)15(11-14)24-4/h7-12,22H,5-6H2,1-4H3,(H,19,20,21)/b16-12-. The fraction of sp³-hybridized carbons (Fsp3) is 0.333. The van der Waals surface area contributed by atoms with Crippen LogP contribution in [0.2, 0.25) is 0 Å². The van der Waals surface area contributed by atoms with Crippen LogP contribution in [0.4, 0.5) is 5.95 Å². The van der Waals surface area contributed by atoms with Crippen molar-refractivity contribution in [3.05, 3.63) is 47.9 Å². The van der Waals surface area contributed by atoms with Gasteiger partial charge in [-0.05, 0) is 50.1 Å². The molecule has 8 nitrogen and oxygen atoms in total. The predicted molar refractivity (Wildman–Crippen MR) is 104 cm³/mol. The molecule has 0 aliphatic rings. The summed E-state index contributed by atoms with van der Waals surface area (Å²) in [6.07, 6.45) is 4.66. The Morgan fingerprint density at radius 3 is 2.41 bits per heavy atom. The molecule has 0 radical (unpaired) electrons. The lowest BCUT2D eigenvalue weighted by Crippen LogP contribution is -2.03. The highest BCUT2D eigenvalue weighted by Crippen LogP contribution is 2.61. The van der Waals surface area contributed by atoms with Gasteiger partial charge in [0.25, 0.3) is 0 Å². The highest BCUT2D eigenvalue weighted by molar-refractivity contribution is 7.65.